The van der Waals surface area contributed by atoms with Crippen molar-refractivity contribution in [3.63, 3.8) is 0 Å². The lowest BCUT2D eigenvalue weighted by atomic mass is 10.2. The minimum Gasteiger partial charge on any atom is -0.350 e. The third kappa shape index (κ3) is 3.55. The van der Waals surface area contributed by atoms with E-state index in [4.69, 9.17) is 11.6 Å². The van der Waals surface area contributed by atoms with Gasteiger partial charge in [0.2, 0.25) is 0 Å². The second kappa shape index (κ2) is 6.77. The van der Waals surface area contributed by atoms with Crippen LogP contribution in [0.2, 0.25) is 5.02 Å². The molecular formula is C16H14ClN3OS. The number of hydrogen-bond acceptors (Lipinski definition) is 3. The van der Waals surface area contributed by atoms with Gasteiger partial charge in [0.05, 0.1) is 11.4 Å². The summed E-state index contributed by atoms with van der Waals surface area (Å²) in [6, 6.07) is 12.9. The van der Waals surface area contributed by atoms with E-state index in [2.05, 4.69) is 10.4 Å². The predicted molar refractivity (Wildman–Crippen MR) is 89.3 cm³/mol. The van der Waals surface area contributed by atoms with Crippen molar-refractivity contribution in [3.8, 4) is 10.6 Å². The van der Waals surface area contributed by atoms with Crippen molar-refractivity contribution < 1.29 is 4.79 Å². The van der Waals surface area contributed by atoms with E-state index in [1.54, 1.807) is 35.6 Å². The Balaban J connectivity index is 1.53. The van der Waals surface area contributed by atoms with Gasteiger partial charge in [-0.25, -0.2) is 0 Å². The molecule has 6 heteroatoms. The van der Waals surface area contributed by atoms with Gasteiger partial charge < -0.3 is 5.32 Å². The highest BCUT2D eigenvalue weighted by molar-refractivity contribution is 7.13. The van der Waals surface area contributed by atoms with Crippen LogP contribution >= 0.6 is 22.9 Å². The van der Waals surface area contributed by atoms with Crippen molar-refractivity contribution in [2.75, 3.05) is 6.54 Å². The average Bonchev–Trinajstić information content (AvgIpc) is 3.19. The number of nitrogens with one attached hydrogen (secondary N) is 1. The molecule has 22 heavy (non-hydrogen) atoms. The quantitative estimate of drug-likeness (QED) is 0.775. The number of aromatic nitrogens is 2. The van der Waals surface area contributed by atoms with Crippen molar-refractivity contribution in [1.82, 2.24) is 15.1 Å². The average molecular weight is 332 g/mol. The topological polar surface area (TPSA) is 46.9 Å². The van der Waals surface area contributed by atoms with Crippen LogP contribution < -0.4 is 5.32 Å². The summed E-state index contributed by atoms with van der Waals surface area (Å²) in [6.45, 7) is 1.15. The molecule has 0 spiro atoms. The molecule has 1 N–H and O–H groups in total. The van der Waals surface area contributed by atoms with E-state index in [0.717, 1.165) is 10.6 Å². The number of amides is 1. The molecule has 0 saturated carbocycles. The number of halogens is 1. The summed E-state index contributed by atoms with van der Waals surface area (Å²) in [5.41, 5.74) is 1.56. The van der Waals surface area contributed by atoms with E-state index in [0.29, 0.717) is 23.7 Å². The fraction of sp³-hybridized carbons (Fsp3) is 0.125. The van der Waals surface area contributed by atoms with Crippen LogP contribution in [0.5, 0.6) is 0 Å². The van der Waals surface area contributed by atoms with Crippen LogP contribution in [-0.2, 0) is 6.54 Å². The first-order valence-electron chi connectivity index (χ1n) is 6.83. The van der Waals surface area contributed by atoms with Gasteiger partial charge in [-0.2, -0.15) is 5.10 Å². The SMILES string of the molecule is O=C(NCCn1ccc(-c2cccs2)n1)c1ccc(Cl)cc1. The first kappa shape index (κ1) is 14.8. The van der Waals surface area contributed by atoms with Crippen LogP contribution in [-0.4, -0.2) is 22.2 Å². The second-order valence-corrected chi connectivity index (χ2v) is 6.09. The Morgan fingerprint density at radius 1 is 1.23 bits per heavy atom. The molecule has 0 aliphatic heterocycles. The van der Waals surface area contributed by atoms with Gasteiger partial charge in [0.1, 0.15) is 5.69 Å². The highest BCUT2D eigenvalue weighted by Crippen LogP contribution is 2.22. The molecule has 1 aromatic carbocycles. The number of carbonyl (C=O) groups is 1. The van der Waals surface area contributed by atoms with Crippen molar-refractivity contribution in [1.29, 1.82) is 0 Å². The number of hydrogen-bond donors (Lipinski definition) is 1. The zero-order chi connectivity index (χ0) is 15.4. The third-order valence-corrected chi connectivity index (χ3v) is 4.29. The maximum absolute atomic E-state index is 12.0. The van der Waals surface area contributed by atoms with Gasteiger partial charge in [0, 0.05) is 23.3 Å². The zero-order valence-electron chi connectivity index (χ0n) is 11.7. The molecule has 1 amide bonds. The molecule has 0 bridgehead atoms. The van der Waals surface area contributed by atoms with Crippen LogP contribution in [0, 0.1) is 0 Å². The molecule has 0 atom stereocenters. The molecular weight excluding hydrogens is 318 g/mol. The Morgan fingerprint density at radius 3 is 2.77 bits per heavy atom. The lowest BCUT2D eigenvalue weighted by Crippen LogP contribution is -2.27. The summed E-state index contributed by atoms with van der Waals surface area (Å²) in [7, 11) is 0. The number of thiophene rings is 1. The molecule has 0 radical (unpaired) electrons. The number of nitrogens with zero attached hydrogens (tertiary/aromatic N) is 2. The molecule has 3 rings (SSSR count). The Morgan fingerprint density at radius 2 is 2.05 bits per heavy atom. The van der Waals surface area contributed by atoms with Gasteiger partial charge in [-0.05, 0) is 41.8 Å². The third-order valence-electron chi connectivity index (χ3n) is 3.15. The molecule has 0 saturated heterocycles. The summed E-state index contributed by atoms with van der Waals surface area (Å²) < 4.78 is 1.83. The fourth-order valence-corrected chi connectivity index (χ4v) is 2.85. The molecule has 0 unspecified atom stereocenters. The van der Waals surface area contributed by atoms with Crippen LogP contribution in [0.3, 0.4) is 0 Å². The Bertz CT molecular complexity index is 750. The van der Waals surface area contributed by atoms with E-state index in [9.17, 15) is 4.79 Å². The first-order chi connectivity index (χ1) is 10.7. The van der Waals surface area contributed by atoms with E-state index < -0.39 is 0 Å². The van der Waals surface area contributed by atoms with Crippen LogP contribution in [0.1, 0.15) is 10.4 Å². The molecule has 0 aliphatic rings. The fourth-order valence-electron chi connectivity index (χ4n) is 2.03. The van der Waals surface area contributed by atoms with Gasteiger partial charge >= 0.3 is 0 Å². The summed E-state index contributed by atoms with van der Waals surface area (Å²) in [6.07, 6.45) is 1.92. The van der Waals surface area contributed by atoms with Crippen molar-refractivity contribution in [3.05, 3.63) is 64.6 Å². The number of rotatable bonds is 5. The van der Waals surface area contributed by atoms with Gasteiger partial charge in [-0.15, -0.1) is 11.3 Å². The molecule has 2 aromatic heterocycles. The predicted octanol–water partition coefficient (Wildman–Crippen LogP) is 3.70. The van der Waals surface area contributed by atoms with Crippen molar-refractivity contribution in [2.24, 2.45) is 0 Å². The lowest BCUT2D eigenvalue weighted by molar-refractivity contribution is 0.0952. The van der Waals surface area contributed by atoms with Crippen molar-refractivity contribution in [2.45, 2.75) is 6.54 Å². The van der Waals surface area contributed by atoms with Crippen molar-refractivity contribution >= 4 is 28.8 Å². The number of carbonyl (C=O) groups excluding carboxylic acids is 1. The van der Waals surface area contributed by atoms with Gasteiger partial charge in [0.15, 0.2) is 0 Å². The summed E-state index contributed by atoms with van der Waals surface area (Å²) in [5, 5.41) is 10.0. The van der Waals surface area contributed by atoms with Gasteiger partial charge in [0.25, 0.3) is 5.91 Å². The molecule has 2 heterocycles. The van der Waals surface area contributed by atoms with Crippen LogP contribution in [0.4, 0.5) is 0 Å². The van der Waals surface area contributed by atoms with Gasteiger partial charge in [-0.1, -0.05) is 17.7 Å². The standard InChI is InChI=1S/C16H14ClN3OS/c17-13-5-3-12(4-6-13)16(21)18-8-10-20-9-7-14(19-20)15-2-1-11-22-15/h1-7,9,11H,8,10H2,(H,18,21). The van der Waals surface area contributed by atoms with Crippen LogP contribution in [0.15, 0.2) is 54.0 Å². The van der Waals surface area contributed by atoms with E-state index >= 15 is 0 Å². The lowest BCUT2D eigenvalue weighted by Gasteiger charge is -2.05. The Labute approximate surface area is 137 Å². The largest absolute Gasteiger partial charge is 0.350 e. The monoisotopic (exact) mass is 331 g/mol. The first-order valence-corrected chi connectivity index (χ1v) is 8.09. The highest BCUT2D eigenvalue weighted by atomic mass is 35.5. The summed E-state index contributed by atoms with van der Waals surface area (Å²) >= 11 is 7.46. The molecule has 0 fully saturated rings. The highest BCUT2D eigenvalue weighted by Gasteiger charge is 2.06. The summed E-state index contributed by atoms with van der Waals surface area (Å²) in [4.78, 5) is 13.1. The maximum atomic E-state index is 12.0. The van der Waals surface area contributed by atoms with Crippen LogP contribution in [0.25, 0.3) is 10.6 Å². The smallest absolute Gasteiger partial charge is 0.251 e. The normalized spacial score (nSPS) is 10.6. The van der Waals surface area contributed by atoms with E-state index in [-0.39, 0.29) is 5.91 Å². The maximum Gasteiger partial charge on any atom is 0.251 e. The number of benzene rings is 1. The molecule has 0 aliphatic carbocycles. The second-order valence-electron chi connectivity index (χ2n) is 4.70. The van der Waals surface area contributed by atoms with E-state index in [1.807, 2.05) is 34.5 Å². The zero-order valence-corrected chi connectivity index (χ0v) is 13.3. The molecule has 3 aromatic rings. The Kier molecular flexibility index (Phi) is 4.56. The molecule has 112 valence electrons. The van der Waals surface area contributed by atoms with E-state index in [1.165, 1.54) is 0 Å². The summed E-state index contributed by atoms with van der Waals surface area (Å²) in [5.74, 6) is -0.109. The minimum atomic E-state index is -0.109. The minimum absolute atomic E-state index is 0.109. The van der Waals surface area contributed by atoms with Gasteiger partial charge in [-0.3, -0.25) is 9.48 Å². The molecule has 4 nitrogen and oxygen atoms in total. The Hall–Kier alpha value is -2.11.